The molecule has 108 valence electrons. The number of carbonyl (C=O) groups excluding carboxylic acids is 1. The van der Waals surface area contributed by atoms with E-state index in [0.29, 0.717) is 26.6 Å². The van der Waals surface area contributed by atoms with Gasteiger partial charge in [-0.2, -0.15) is 13.2 Å². The number of rotatable bonds is 8. The highest BCUT2D eigenvalue weighted by Gasteiger charge is 2.55. The minimum Gasteiger partial charge on any atom is -0.462 e. The van der Waals surface area contributed by atoms with Crippen molar-refractivity contribution < 1.29 is 32.2 Å². The zero-order valence-electron chi connectivity index (χ0n) is 10.4. The molecule has 0 aliphatic carbocycles. The van der Waals surface area contributed by atoms with E-state index in [1.807, 2.05) is 0 Å². The Morgan fingerprint density at radius 1 is 1.17 bits per heavy atom. The number of halogens is 3. The first-order chi connectivity index (χ1) is 8.23. The number of esters is 1. The van der Waals surface area contributed by atoms with E-state index in [-0.39, 0.29) is 13.2 Å². The third kappa shape index (κ3) is 5.65. The van der Waals surface area contributed by atoms with Crippen LogP contribution in [0.5, 0.6) is 0 Å². The van der Waals surface area contributed by atoms with Gasteiger partial charge in [0.15, 0.2) is 0 Å². The molecule has 0 radical (unpaired) electrons. The van der Waals surface area contributed by atoms with Crippen LogP contribution in [0.3, 0.4) is 0 Å². The molecule has 2 N–H and O–H groups in total. The number of methoxy groups -OCH3 is 1. The highest BCUT2D eigenvalue weighted by Crippen LogP contribution is 2.28. The Kier molecular flexibility index (Phi) is 7.19. The monoisotopic (exact) mass is 273 g/mol. The minimum atomic E-state index is -4.84. The molecule has 0 rings (SSSR count). The standard InChI is InChI=1S/C10H18F3NO4/c1-9(14,10(11,12)13)8(15)18-7-6-17-5-3-4-16-2/h3-7,14H2,1-2H3. The largest absolute Gasteiger partial charge is 0.462 e. The quantitative estimate of drug-likeness (QED) is 0.524. The second-order valence-electron chi connectivity index (χ2n) is 3.79. The van der Waals surface area contributed by atoms with Gasteiger partial charge in [-0.05, 0) is 13.3 Å². The molecule has 0 aliphatic rings. The van der Waals surface area contributed by atoms with Crippen molar-refractivity contribution in [1.82, 2.24) is 0 Å². The van der Waals surface area contributed by atoms with E-state index in [9.17, 15) is 18.0 Å². The van der Waals surface area contributed by atoms with Gasteiger partial charge in [-0.25, -0.2) is 4.79 Å². The van der Waals surface area contributed by atoms with Gasteiger partial charge in [-0.15, -0.1) is 0 Å². The van der Waals surface area contributed by atoms with E-state index in [0.717, 1.165) is 0 Å². The molecule has 8 heteroatoms. The summed E-state index contributed by atoms with van der Waals surface area (Å²) in [6, 6.07) is 0. The molecule has 0 aliphatic heterocycles. The lowest BCUT2D eigenvalue weighted by Gasteiger charge is -2.25. The highest BCUT2D eigenvalue weighted by atomic mass is 19.4. The topological polar surface area (TPSA) is 70.8 Å². The van der Waals surface area contributed by atoms with Crippen LogP contribution in [-0.2, 0) is 19.0 Å². The highest BCUT2D eigenvalue weighted by molar-refractivity contribution is 5.81. The lowest BCUT2D eigenvalue weighted by atomic mass is 10.0. The van der Waals surface area contributed by atoms with Crippen LogP contribution in [0.15, 0.2) is 0 Å². The normalized spacial score (nSPS) is 15.2. The molecular formula is C10H18F3NO4. The zero-order valence-corrected chi connectivity index (χ0v) is 10.4. The van der Waals surface area contributed by atoms with Gasteiger partial charge in [-0.3, -0.25) is 0 Å². The summed E-state index contributed by atoms with van der Waals surface area (Å²) >= 11 is 0. The first kappa shape index (κ1) is 17.1. The molecule has 0 spiro atoms. The summed E-state index contributed by atoms with van der Waals surface area (Å²) in [7, 11) is 1.54. The third-order valence-corrected chi connectivity index (χ3v) is 2.11. The van der Waals surface area contributed by atoms with Crippen LogP contribution >= 0.6 is 0 Å². The smallest absolute Gasteiger partial charge is 0.416 e. The lowest BCUT2D eigenvalue weighted by molar-refractivity contribution is -0.202. The molecule has 1 atom stereocenters. The summed E-state index contributed by atoms with van der Waals surface area (Å²) in [6.07, 6.45) is -4.19. The summed E-state index contributed by atoms with van der Waals surface area (Å²) in [5, 5.41) is 0. The molecular weight excluding hydrogens is 255 g/mol. The van der Waals surface area contributed by atoms with Gasteiger partial charge in [0.25, 0.3) is 0 Å². The number of nitrogens with two attached hydrogens (primary N) is 1. The van der Waals surface area contributed by atoms with Crippen molar-refractivity contribution in [3.63, 3.8) is 0 Å². The number of hydrogen-bond acceptors (Lipinski definition) is 5. The number of alkyl halides is 3. The van der Waals surface area contributed by atoms with Gasteiger partial charge in [-0.1, -0.05) is 0 Å². The molecule has 0 aromatic rings. The van der Waals surface area contributed by atoms with Crippen molar-refractivity contribution >= 4 is 5.97 Å². The van der Waals surface area contributed by atoms with E-state index in [4.69, 9.17) is 15.2 Å². The maximum Gasteiger partial charge on any atom is 0.416 e. The Balaban J connectivity index is 3.78. The van der Waals surface area contributed by atoms with E-state index in [2.05, 4.69) is 4.74 Å². The maximum absolute atomic E-state index is 12.3. The Bertz CT molecular complexity index is 256. The van der Waals surface area contributed by atoms with Gasteiger partial charge in [0, 0.05) is 20.3 Å². The van der Waals surface area contributed by atoms with Crippen molar-refractivity contribution in [1.29, 1.82) is 0 Å². The van der Waals surface area contributed by atoms with Crippen LogP contribution in [0.25, 0.3) is 0 Å². The van der Waals surface area contributed by atoms with Crippen molar-refractivity contribution in [3.8, 4) is 0 Å². The number of ether oxygens (including phenoxy) is 3. The van der Waals surface area contributed by atoms with Crippen LogP contribution < -0.4 is 5.73 Å². The molecule has 0 saturated heterocycles. The fourth-order valence-electron chi connectivity index (χ4n) is 0.866. The molecule has 18 heavy (non-hydrogen) atoms. The second kappa shape index (κ2) is 7.55. The van der Waals surface area contributed by atoms with Crippen molar-refractivity contribution in [3.05, 3.63) is 0 Å². The summed E-state index contributed by atoms with van der Waals surface area (Å²) in [5.74, 6) is -1.52. The summed E-state index contributed by atoms with van der Waals surface area (Å²) in [5.41, 5.74) is 1.86. The predicted molar refractivity (Wildman–Crippen MR) is 56.9 cm³/mol. The molecule has 0 amide bonds. The zero-order chi connectivity index (χ0) is 14.2. The average molecular weight is 273 g/mol. The molecule has 0 heterocycles. The number of hydrogen-bond donors (Lipinski definition) is 1. The molecule has 0 aromatic carbocycles. The first-order valence-electron chi connectivity index (χ1n) is 5.33. The van der Waals surface area contributed by atoms with Gasteiger partial charge < -0.3 is 19.9 Å². The van der Waals surface area contributed by atoms with E-state index >= 15 is 0 Å². The summed E-state index contributed by atoms with van der Waals surface area (Å²) in [4.78, 5) is 11.1. The Morgan fingerprint density at radius 3 is 2.28 bits per heavy atom. The van der Waals surface area contributed by atoms with Crippen LogP contribution in [0.1, 0.15) is 13.3 Å². The maximum atomic E-state index is 12.3. The van der Waals surface area contributed by atoms with E-state index in [1.165, 1.54) is 0 Å². The number of carbonyl (C=O) groups is 1. The third-order valence-electron chi connectivity index (χ3n) is 2.11. The molecule has 1 unspecified atom stereocenters. The first-order valence-corrected chi connectivity index (χ1v) is 5.33. The van der Waals surface area contributed by atoms with Crippen LogP contribution in [0.4, 0.5) is 13.2 Å². The van der Waals surface area contributed by atoms with Crippen molar-refractivity contribution in [2.24, 2.45) is 5.73 Å². The van der Waals surface area contributed by atoms with Gasteiger partial charge in [0.05, 0.1) is 6.61 Å². The van der Waals surface area contributed by atoms with Crippen LogP contribution in [0, 0.1) is 0 Å². The average Bonchev–Trinajstić information content (AvgIpc) is 2.26. The Morgan fingerprint density at radius 2 is 1.78 bits per heavy atom. The summed E-state index contributed by atoms with van der Waals surface area (Å²) < 4.78 is 51.1. The van der Waals surface area contributed by atoms with Gasteiger partial charge in [0.1, 0.15) is 6.61 Å². The molecule has 0 fully saturated rings. The van der Waals surface area contributed by atoms with Crippen LogP contribution in [-0.4, -0.2) is 51.2 Å². The van der Waals surface area contributed by atoms with Gasteiger partial charge >= 0.3 is 12.1 Å². The Labute approximate surface area is 103 Å². The lowest BCUT2D eigenvalue weighted by Crippen LogP contribution is -2.58. The minimum absolute atomic E-state index is 0.0173. The fourth-order valence-corrected chi connectivity index (χ4v) is 0.866. The van der Waals surface area contributed by atoms with Crippen LogP contribution in [0.2, 0.25) is 0 Å². The fraction of sp³-hybridized carbons (Fsp3) is 0.900. The second-order valence-corrected chi connectivity index (χ2v) is 3.79. The Hall–Kier alpha value is -0.860. The SMILES string of the molecule is COCCCOCCOC(=O)C(C)(N)C(F)(F)F. The molecule has 0 aromatic heterocycles. The van der Waals surface area contributed by atoms with Crippen molar-refractivity contribution in [2.45, 2.75) is 25.1 Å². The molecule has 0 bridgehead atoms. The molecule has 0 saturated carbocycles. The van der Waals surface area contributed by atoms with E-state index < -0.39 is 17.7 Å². The predicted octanol–water partition coefficient (Wildman–Crippen LogP) is 0.862. The molecule has 5 nitrogen and oxygen atoms in total. The van der Waals surface area contributed by atoms with Crippen molar-refractivity contribution in [2.75, 3.05) is 33.5 Å². The summed E-state index contributed by atoms with van der Waals surface area (Å²) in [6.45, 7) is 1.21. The van der Waals surface area contributed by atoms with Gasteiger partial charge in [0.2, 0.25) is 5.54 Å². The van der Waals surface area contributed by atoms with E-state index in [1.54, 1.807) is 7.11 Å².